The van der Waals surface area contributed by atoms with Crippen molar-refractivity contribution in [2.45, 2.75) is 26.1 Å². The number of anilines is 1. The second-order valence-corrected chi connectivity index (χ2v) is 5.51. The molecule has 1 atom stereocenters. The number of carbonyl (C=O) groups excluding carboxylic acids is 1. The number of carbonyl (C=O) groups is 1. The molecule has 22 heavy (non-hydrogen) atoms. The van der Waals surface area contributed by atoms with Crippen LogP contribution in [0.15, 0.2) is 34.8 Å². The van der Waals surface area contributed by atoms with Crippen LogP contribution < -0.4 is 5.32 Å². The zero-order valence-corrected chi connectivity index (χ0v) is 13.4. The van der Waals surface area contributed by atoms with Crippen LogP contribution in [0.5, 0.6) is 0 Å². The van der Waals surface area contributed by atoms with E-state index in [2.05, 4.69) is 26.3 Å². The lowest BCUT2D eigenvalue weighted by molar-refractivity contribution is -0.142. The number of aromatic nitrogens is 2. The van der Waals surface area contributed by atoms with Gasteiger partial charge in [0.05, 0.1) is 10.2 Å². The topological polar surface area (TPSA) is 46.9 Å². The Kier molecular flexibility index (Phi) is 4.60. The molecule has 1 aromatic carbocycles. The normalized spacial score (nSPS) is 13.0. The summed E-state index contributed by atoms with van der Waals surface area (Å²) in [6, 6.07) is 7.79. The first-order chi connectivity index (χ1) is 10.2. The fourth-order valence-corrected chi connectivity index (χ4v) is 2.42. The van der Waals surface area contributed by atoms with Crippen molar-refractivity contribution in [2.75, 3.05) is 5.32 Å². The molecule has 0 aliphatic heterocycles. The van der Waals surface area contributed by atoms with Gasteiger partial charge in [-0.1, -0.05) is 18.2 Å². The molecule has 0 fully saturated rings. The lowest BCUT2D eigenvalue weighted by Crippen LogP contribution is -2.25. The van der Waals surface area contributed by atoms with Gasteiger partial charge in [-0.3, -0.25) is 9.48 Å². The number of alkyl halides is 3. The highest BCUT2D eigenvalue weighted by Gasteiger charge is 2.38. The summed E-state index contributed by atoms with van der Waals surface area (Å²) in [5.74, 6) is -0.446. The molecule has 0 saturated carbocycles. The highest BCUT2D eigenvalue weighted by atomic mass is 79.9. The Balaban J connectivity index is 2.26. The van der Waals surface area contributed by atoms with Crippen molar-refractivity contribution < 1.29 is 18.0 Å². The molecule has 1 heterocycles. The molecule has 0 spiro atoms. The first kappa shape index (κ1) is 16.5. The zero-order valence-electron chi connectivity index (χ0n) is 11.8. The summed E-state index contributed by atoms with van der Waals surface area (Å²) >= 11 is 2.89. The number of hydrogen-bond donors (Lipinski definition) is 1. The molecular weight excluding hydrogens is 363 g/mol. The van der Waals surface area contributed by atoms with Gasteiger partial charge in [0, 0.05) is 5.69 Å². The van der Waals surface area contributed by atoms with Crippen LogP contribution in [-0.2, 0) is 11.0 Å². The van der Waals surface area contributed by atoms with Crippen LogP contribution >= 0.6 is 15.9 Å². The lowest BCUT2D eigenvalue weighted by Gasteiger charge is -2.14. The number of hydrogen-bond acceptors (Lipinski definition) is 2. The molecular formula is C14H13BrF3N3O. The van der Waals surface area contributed by atoms with Gasteiger partial charge in [-0.25, -0.2) is 0 Å². The summed E-state index contributed by atoms with van der Waals surface area (Å²) in [5.41, 5.74) is -0.230. The average molecular weight is 376 g/mol. The molecule has 1 aromatic heterocycles. The summed E-state index contributed by atoms with van der Waals surface area (Å²) in [6.45, 7) is 2.96. The summed E-state index contributed by atoms with van der Waals surface area (Å²) < 4.78 is 39.4. The van der Waals surface area contributed by atoms with Crippen LogP contribution in [0.2, 0.25) is 0 Å². The van der Waals surface area contributed by atoms with E-state index in [4.69, 9.17) is 0 Å². The SMILES string of the molecule is Cc1c(Br)c(C(F)(F)F)nn1[C@@H](C)C(=O)Nc1ccccc1. The predicted molar refractivity (Wildman–Crippen MR) is 79.4 cm³/mol. The van der Waals surface area contributed by atoms with E-state index in [9.17, 15) is 18.0 Å². The molecule has 0 radical (unpaired) electrons. The Bertz CT molecular complexity index is 683. The Morgan fingerprint density at radius 1 is 1.32 bits per heavy atom. The van der Waals surface area contributed by atoms with Crippen LogP contribution in [0.25, 0.3) is 0 Å². The van der Waals surface area contributed by atoms with Crippen molar-refractivity contribution in [3.63, 3.8) is 0 Å². The highest BCUT2D eigenvalue weighted by molar-refractivity contribution is 9.10. The van der Waals surface area contributed by atoms with E-state index >= 15 is 0 Å². The van der Waals surface area contributed by atoms with E-state index in [0.29, 0.717) is 5.69 Å². The second-order valence-electron chi connectivity index (χ2n) is 4.72. The second kappa shape index (κ2) is 6.12. The van der Waals surface area contributed by atoms with Crippen molar-refractivity contribution in [3.8, 4) is 0 Å². The number of nitrogens with zero attached hydrogens (tertiary/aromatic N) is 2. The van der Waals surface area contributed by atoms with Crippen molar-refractivity contribution in [1.82, 2.24) is 9.78 Å². The number of benzene rings is 1. The maximum Gasteiger partial charge on any atom is 0.436 e. The first-order valence-corrected chi connectivity index (χ1v) is 7.19. The molecule has 0 bridgehead atoms. The fourth-order valence-electron chi connectivity index (χ4n) is 1.94. The van der Waals surface area contributed by atoms with Crippen LogP contribution in [-0.4, -0.2) is 15.7 Å². The van der Waals surface area contributed by atoms with E-state index in [0.717, 1.165) is 4.68 Å². The van der Waals surface area contributed by atoms with Crippen molar-refractivity contribution in [1.29, 1.82) is 0 Å². The number of nitrogens with one attached hydrogen (secondary N) is 1. The Morgan fingerprint density at radius 2 is 1.91 bits per heavy atom. The van der Waals surface area contributed by atoms with Crippen molar-refractivity contribution >= 4 is 27.5 Å². The van der Waals surface area contributed by atoms with E-state index in [1.54, 1.807) is 30.3 Å². The van der Waals surface area contributed by atoms with Gasteiger partial charge in [0.1, 0.15) is 6.04 Å². The number of para-hydroxylation sites is 1. The standard InChI is InChI=1S/C14H13BrF3N3O/c1-8-11(15)12(14(16,17)18)20-21(8)9(2)13(22)19-10-6-4-3-5-7-10/h3-7,9H,1-2H3,(H,19,22)/t9-/m0/s1. The third-order valence-corrected chi connectivity index (χ3v) is 4.08. The lowest BCUT2D eigenvalue weighted by atomic mass is 10.2. The zero-order chi connectivity index (χ0) is 16.5. The summed E-state index contributed by atoms with van der Waals surface area (Å²) in [5, 5.41) is 6.17. The fraction of sp³-hybridized carbons (Fsp3) is 0.286. The molecule has 2 aromatic rings. The van der Waals surface area contributed by atoms with Gasteiger partial charge < -0.3 is 5.32 Å². The van der Waals surface area contributed by atoms with E-state index in [-0.39, 0.29) is 10.2 Å². The molecule has 0 saturated heterocycles. The van der Waals surface area contributed by atoms with Gasteiger partial charge >= 0.3 is 6.18 Å². The predicted octanol–water partition coefficient (Wildman–Crippen LogP) is 4.17. The van der Waals surface area contributed by atoms with Gasteiger partial charge in [-0.2, -0.15) is 18.3 Å². The molecule has 1 N–H and O–H groups in total. The van der Waals surface area contributed by atoms with Crippen molar-refractivity contribution in [3.05, 3.63) is 46.2 Å². The monoisotopic (exact) mass is 375 g/mol. The Hall–Kier alpha value is -1.83. The molecule has 118 valence electrons. The van der Waals surface area contributed by atoms with Crippen molar-refractivity contribution in [2.24, 2.45) is 0 Å². The maximum atomic E-state index is 12.8. The summed E-state index contributed by atoms with van der Waals surface area (Å²) in [4.78, 5) is 12.2. The van der Waals surface area contributed by atoms with Crippen LogP contribution in [0.1, 0.15) is 24.4 Å². The largest absolute Gasteiger partial charge is 0.436 e. The first-order valence-electron chi connectivity index (χ1n) is 6.39. The van der Waals surface area contributed by atoms with Crippen LogP contribution in [0, 0.1) is 6.92 Å². The van der Waals surface area contributed by atoms with Gasteiger partial charge in [0.25, 0.3) is 0 Å². The van der Waals surface area contributed by atoms with E-state index in [1.165, 1.54) is 13.8 Å². The molecule has 0 unspecified atom stereocenters. The minimum Gasteiger partial charge on any atom is -0.324 e. The Morgan fingerprint density at radius 3 is 2.41 bits per heavy atom. The van der Waals surface area contributed by atoms with Gasteiger partial charge in [0.2, 0.25) is 5.91 Å². The Labute approximate surface area is 133 Å². The van der Waals surface area contributed by atoms with Crippen LogP contribution in [0.4, 0.5) is 18.9 Å². The molecule has 0 aliphatic carbocycles. The quantitative estimate of drug-likeness (QED) is 0.874. The summed E-state index contributed by atoms with van der Waals surface area (Å²) in [6.07, 6.45) is -4.58. The van der Waals surface area contributed by atoms with Gasteiger partial charge in [-0.05, 0) is 41.9 Å². The van der Waals surface area contributed by atoms with Gasteiger partial charge in [-0.15, -0.1) is 0 Å². The van der Waals surface area contributed by atoms with E-state index in [1.807, 2.05) is 0 Å². The molecule has 1 amide bonds. The summed E-state index contributed by atoms with van der Waals surface area (Å²) in [7, 11) is 0. The molecule has 8 heteroatoms. The minimum absolute atomic E-state index is 0.153. The third-order valence-electron chi connectivity index (χ3n) is 3.13. The average Bonchev–Trinajstić information content (AvgIpc) is 2.75. The molecule has 4 nitrogen and oxygen atoms in total. The number of amides is 1. The highest BCUT2D eigenvalue weighted by Crippen LogP contribution is 2.36. The van der Waals surface area contributed by atoms with Gasteiger partial charge in [0.15, 0.2) is 5.69 Å². The number of halogens is 4. The van der Waals surface area contributed by atoms with E-state index < -0.39 is 23.8 Å². The number of rotatable bonds is 3. The van der Waals surface area contributed by atoms with Crippen LogP contribution in [0.3, 0.4) is 0 Å². The minimum atomic E-state index is -4.58. The molecule has 2 rings (SSSR count). The smallest absolute Gasteiger partial charge is 0.324 e. The molecule has 0 aliphatic rings. The maximum absolute atomic E-state index is 12.8. The third kappa shape index (κ3) is 3.32.